The average Bonchev–Trinajstić information content (AvgIpc) is 3.35. The van der Waals surface area contributed by atoms with Gasteiger partial charge in [-0.25, -0.2) is 19.3 Å². The highest BCUT2D eigenvalue weighted by Crippen LogP contribution is 2.27. The summed E-state index contributed by atoms with van der Waals surface area (Å²) in [4.78, 5) is 22.1. The minimum Gasteiger partial charge on any atom is -0.368 e. The van der Waals surface area contributed by atoms with Gasteiger partial charge in [0.05, 0.1) is 5.51 Å². The predicted molar refractivity (Wildman–Crippen MR) is 114 cm³/mol. The summed E-state index contributed by atoms with van der Waals surface area (Å²) in [6.07, 6.45) is 4.40. The molecule has 4 heterocycles. The van der Waals surface area contributed by atoms with Gasteiger partial charge in [-0.1, -0.05) is 0 Å². The molecule has 144 valence electrons. The van der Waals surface area contributed by atoms with Gasteiger partial charge < -0.3 is 10.3 Å². The maximum Gasteiger partial charge on any atom is 0.165 e. The summed E-state index contributed by atoms with van der Waals surface area (Å²) in [5.74, 6) is 1.09. The lowest BCUT2D eigenvalue weighted by Gasteiger charge is -2.09. The number of fused-ring (bicyclic) bond motifs is 2. The molecule has 0 atom stereocenters. The molecule has 6 nitrogen and oxygen atoms in total. The fraction of sp³-hybridized carbons (Fsp3) is 0.143. The van der Waals surface area contributed by atoms with Crippen molar-refractivity contribution < 1.29 is 4.39 Å². The molecule has 1 aromatic carbocycles. The Labute approximate surface area is 169 Å². The second-order valence-corrected chi connectivity index (χ2v) is 7.55. The third-order valence-corrected chi connectivity index (χ3v) is 5.58. The van der Waals surface area contributed by atoms with Crippen molar-refractivity contribution in [2.75, 3.05) is 11.9 Å². The Kier molecular flexibility index (Phi) is 4.40. The van der Waals surface area contributed by atoms with Crippen molar-refractivity contribution in [3.8, 4) is 11.4 Å². The van der Waals surface area contributed by atoms with E-state index in [1.54, 1.807) is 23.8 Å². The molecule has 0 unspecified atom stereocenters. The fourth-order valence-corrected chi connectivity index (χ4v) is 4.06. The molecule has 4 aromatic heterocycles. The molecule has 0 saturated carbocycles. The maximum absolute atomic E-state index is 13.6. The summed E-state index contributed by atoms with van der Waals surface area (Å²) >= 11 is 1.48. The topological polar surface area (TPSA) is 79.4 Å². The molecule has 2 N–H and O–H groups in total. The van der Waals surface area contributed by atoms with E-state index in [-0.39, 0.29) is 5.82 Å². The van der Waals surface area contributed by atoms with Gasteiger partial charge in [0.25, 0.3) is 0 Å². The smallest absolute Gasteiger partial charge is 0.165 e. The number of anilines is 1. The minimum absolute atomic E-state index is 0.234. The van der Waals surface area contributed by atoms with Gasteiger partial charge in [0.2, 0.25) is 0 Å². The second kappa shape index (κ2) is 7.21. The van der Waals surface area contributed by atoms with E-state index >= 15 is 0 Å². The molecular formula is C21H17FN6S. The Morgan fingerprint density at radius 2 is 2.10 bits per heavy atom. The zero-order valence-electron chi connectivity index (χ0n) is 15.6. The summed E-state index contributed by atoms with van der Waals surface area (Å²) in [6, 6.07) is 8.63. The Balaban J connectivity index is 1.43. The van der Waals surface area contributed by atoms with Crippen LogP contribution in [-0.2, 0) is 6.42 Å². The normalized spacial score (nSPS) is 11.4. The van der Waals surface area contributed by atoms with E-state index < -0.39 is 0 Å². The number of hydrogen-bond donors (Lipinski definition) is 2. The molecule has 5 rings (SSSR count). The maximum atomic E-state index is 13.6. The third kappa shape index (κ3) is 3.31. The first kappa shape index (κ1) is 17.7. The highest BCUT2D eigenvalue weighted by molar-refractivity contribution is 7.16. The number of aromatic amines is 1. The number of aromatic nitrogens is 5. The molecule has 0 radical (unpaired) electrons. The van der Waals surface area contributed by atoms with E-state index in [9.17, 15) is 4.39 Å². The number of pyridine rings is 1. The van der Waals surface area contributed by atoms with E-state index in [0.29, 0.717) is 18.2 Å². The average molecular weight is 404 g/mol. The molecule has 8 heteroatoms. The predicted octanol–water partition coefficient (Wildman–Crippen LogP) is 4.73. The van der Waals surface area contributed by atoms with E-state index in [1.165, 1.54) is 17.4 Å². The SMILES string of the molecule is Cc1ncccc1-c1nc(NCCc2c[nH]c3ccc(F)cc23)c2ncsc2n1. The van der Waals surface area contributed by atoms with E-state index in [4.69, 9.17) is 4.98 Å². The largest absolute Gasteiger partial charge is 0.368 e. The lowest BCUT2D eigenvalue weighted by molar-refractivity contribution is 0.629. The van der Waals surface area contributed by atoms with Gasteiger partial charge in [0.15, 0.2) is 11.6 Å². The molecule has 0 spiro atoms. The summed E-state index contributed by atoms with van der Waals surface area (Å²) in [7, 11) is 0. The molecular weight excluding hydrogens is 387 g/mol. The molecule has 0 amide bonds. The fourth-order valence-electron chi connectivity index (χ4n) is 3.40. The van der Waals surface area contributed by atoms with Gasteiger partial charge in [-0.05, 0) is 49.2 Å². The van der Waals surface area contributed by atoms with Gasteiger partial charge >= 0.3 is 0 Å². The van der Waals surface area contributed by atoms with Crippen molar-refractivity contribution in [3.63, 3.8) is 0 Å². The second-order valence-electron chi connectivity index (χ2n) is 6.72. The van der Waals surface area contributed by atoms with E-state index in [1.807, 2.05) is 25.3 Å². The van der Waals surface area contributed by atoms with Crippen LogP contribution in [0.4, 0.5) is 10.2 Å². The number of aryl methyl sites for hydroxylation is 1. The highest BCUT2D eigenvalue weighted by atomic mass is 32.1. The van der Waals surface area contributed by atoms with E-state index in [2.05, 4.69) is 25.3 Å². The van der Waals surface area contributed by atoms with Crippen LogP contribution in [0.15, 0.2) is 48.2 Å². The summed E-state index contributed by atoms with van der Waals surface area (Å²) < 4.78 is 13.6. The van der Waals surface area contributed by atoms with Crippen LogP contribution in [0.2, 0.25) is 0 Å². The third-order valence-electron chi connectivity index (χ3n) is 4.86. The van der Waals surface area contributed by atoms with Crippen LogP contribution in [0.25, 0.3) is 32.6 Å². The van der Waals surface area contributed by atoms with Gasteiger partial charge in [-0.3, -0.25) is 4.98 Å². The molecule has 0 aliphatic heterocycles. The van der Waals surface area contributed by atoms with Crippen molar-refractivity contribution in [3.05, 3.63) is 65.3 Å². The number of halogens is 1. The minimum atomic E-state index is -0.234. The quantitative estimate of drug-likeness (QED) is 0.443. The first-order valence-electron chi connectivity index (χ1n) is 9.21. The van der Waals surface area contributed by atoms with Crippen LogP contribution >= 0.6 is 11.3 Å². The van der Waals surface area contributed by atoms with Crippen LogP contribution in [0.5, 0.6) is 0 Å². The molecule has 0 saturated heterocycles. The highest BCUT2D eigenvalue weighted by Gasteiger charge is 2.14. The van der Waals surface area contributed by atoms with Crippen LogP contribution in [0.1, 0.15) is 11.3 Å². The van der Waals surface area contributed by atoms with Gasteiger partial charge in [0, 0.05) is 41.1 Å². The van der Waals surface area contributed by atoms with Crippen molar-refractivity contribution >= 4 is 38.4 Å². The molecule has 29 heavy (non-hydrogen) atoms. The van der Waals surface area contributed by atoms with Gasteiger partial charge in [0.1, 0.15) is 16.2 Å². The lowest BCUT2D eigenvalue weighted by atomic mass is 10.1. The van der Waals surface area contributed by atoms with Gasteiger partial charge in [-0.2, -0.15) is 0 Å². The zero-order chi connectivity index (χ0) is 19.8. The lowest BCUT2D eigenvalue weighted by Crippen LogP contribution is -2.08. The summed E-state index contributed by atoms with van der Waals surface area (Å²) in [5, 5.41) is 4.29. The Hall–Kier alpha value is -3.39. The first-order chi connectivity index (χ1) is 14.2. The number of rotatable bonds is 5. The number of hydrogen-bond acceptors (Lipinski definition) is 6. The van der Waals surface area contributed by atoms with Crippen LogP contribution in [0, 0.1) is 12.7 Å². The van der Waals surface area contributed by atoms with Crippen molar-refractivity contribution in [1.29, 1.82) is 0 Å². The zero-order valence-corrected chi connectivity index (χ0v) is 16.4. The Morgan fingerprint density at radius 3 is 3.00 bits per heavy atom. The van der Waals surface area contributed by atoms with Crippen LogP contribution < -0.4 is 5.32 Å². The standard InChI is InChI=1S/C21H17FN6S/c1-12-15(3-2-7-23-12)19-27-20(18-21(28-19)29-11-26-18)24-8-6-13-10-25-17-5-4-14(22)9-16(13)17/h2-5,7,9-11,25H,6,8H2,1H3,(H,24,27,28). The first-order valence-corrected chi connectivity index (χ1v) is 10.1. The number of thiazole rings is 1. The summed E-state index contributed by atoms with van der Waals surface area (Å²) in [5.41, 5.74) is 6.29. The van der Waals surface area contributed by atoms with E-state index in [0.717, 1.165) is 44.5 Å². The van der Waals surface area contributed by atoms with Crippen molar-refractivity contribution in [1.82, 2.24) is 24.9 Å². The number of H-pyrrole nitrogens is 1. The number of nitrogens with one attached hydrogen (secondary N) is 2. The van der Waals surface area contributed by atoms with Crippen molar-refractivity contribution in [2.45, 2.75) is 13.3 Å². The monoisotopic (exact) mass is 404 g/mol. The molecule has 5 aromatic rings. The Morgan fingerprint density at radius 1 is 1.17 bits per heavy atom. The van der Waals surface area contributed by atoms with Crippen molar-refractivity contribution in [2.24, 2.45) is 0 Å². The number of benzene rings is 1. The Bertz CT molecular complexity index is 1330. The number of nitrogens with zero attached hydrogens (tertiary/aromatic N) is 4. The molecule has 0 aliphatic carbocycles. The van der Waals surface area contributed by atoms with Crippen LogP contribution in [0.3, 0.4) is 0 Å². The molecule has 0 bridgehead atoms. The molecule has 0 aliphatic rings. The van der Waals surface area contributed by atoms with Crippen LogP contribution in [-0.4, -0.2) is 31.5 Å². The summed E-state index contributed by atoms with van der Waals surface area (Å²) in [6.45, 7) is 2.58. The van der Waals surface area contributed by atoms with Gasteiger partial charge in [-0.15, -0.1) is 11.3 Å². The molecule has 0 fully saturated rings.